The smallest absolute Gasteiger partial charge is 0.337 e. The summed E-state index contributed by atoms with van der Waals surface area (Å²) < 4.78 is 5.10. The van der Waals surface area contributed by atoms with Gasteiger partial charge in [0.25, 0.3) is 0 Å². The Morgan fingerprint density at radius 2 is 2.37 bits per heavy atom. The summed E-state index contributed by atoms with van der Waals surface area (Å²) in [6.45, 7) is 1.53. The zero-order chi connectivity index (χ0) is 13.9. The van der Waals surface area contributed by atoms with E-state index < -0.39 is 5.97 Å². The molecule has 1 saturated carbocycles. The molecule has 0 bridgehead atoms. The first kappa shape index (κ1) is 13.6. The van der Waals surface area contributed by atoms with E-state index in [1.165, 1.54) is 25.1 Å². The Hall–Kier alpha value is -1.82. The molecule has 4 N–H and O–H groups in total. The van der Waals surface area contributed by atoms with Crippen LogP contribution >= 0.6 is 0 Å². The van der Waals surface area contributed by atoms with Crippen LogP contribution in [0, 0.1) is 5.41 Å². The molecule has 1 aliphatic rings. The van der Waals surface area contributed by atoms with Gasteiger partial charge in [-0.1, -0.05) is 0 Å². The third kappa shape index (κ3) is 3.35. The lowest BCUT2D eigenvalue weighted by Crippen LogP contribution is -2.18. The van der Waals surface area contributed by atoms with Crippen LogP contribution in [0.2, 0.25) is 0 Å². The fourth-order valence-corrected chi connectivity index (χ4v) is 2.04. The summed E-state index contributed by atoms with van der Waals surface area (Å²) in [7, 11) is 1.70. The number of ether oxygens (including phenoxy) is 1. The van der Waals surface area contributed by atoms with Gasteiger partial charge in [0.15, 0.2) is 0 Å². The predicted molar refractivity (Wildman–Crippen MR) is 72.3 cm³/mol. The van der Waals surface area contributed by atoms with Gasteiger partial charge in [0, 0.05) is 20.3 Å². The third-order valence-corrected chi connectivity index (χ3v) is 3.60. The SMILES string of the molecule is COCCC1(CNc2cc(C(=O)O)c(N)cn2)CC1. The highest BCUT2D eigenvalue weighted by Crippen LogP contribution is 2.48. The molecule has 0 unspecified atom stereocenters. The van der Waals surface area contributed by atoms with Crippen LogP contribution in [0.15, 0.2) is 12.3 Å². The van der Waals surface area contributed by atoms with E-state index >= 15 is 0 Å². The summed E-state index contributed by atoms with van der Waals surface area (Å²) >= 11 is 0. The molecule has 1 aliphatic carbocycles. The lowest BCUT2D eigenvalue weighted by molar-refractivity contribution is 0.0698. The summed E-state index contributed by atoms with van der Waals surface area (Å²) in [5.74, 6) is -0.487. The highest BCUT2D eigenvalue weighted by molar-refractivity contribution is 5.94. The van der Waals surface area contributed by atoms with Crippen molar-refractivity contribution in [1.82, 2.24) is 4.98 Å². The van der Waals surface area contributed by atoms with Crippen LogP contribution in [0.25, 0.3) is 0 Å². The minimum Gasteiger partial charge on any atom is -0.478 e. The summed E-state index contributed by atoms with van der Waals surface area (Å²) in [6.07, 6.45) is 4.73. The van der Waals surface area contributed by atoms with Crippen molar-refractivity contribution >= 4 is 17.5 Å². The first-order chi connectivity index (χ1) is 9.06. The fraction of sp³-hybridized carbons (Fsp3) is 0.538. The van der Waals surface area contributed by atoms with E-state index in [9.17, 15) is 4.79 Å². The average Bonchev–Trinajstić information content (AvgIpc) is 3.16. The van der Waals surface area contributed by atoms with Gasteiger partial charge in [0.2, 0.25) is 0 Å². The average molecular weight is 265 g/mol. The lowest BCUT2D eigenvalue weighted by Gasteiger charge is -2.16. The van der Waals surface area contributed by atoms with E-state index in [1.54, 1.807) is 7.11 Å². The number of rotatable bonds is 7. The number of aromatic nitrogens is 1. The van der Waals surface area contributed by atoms with Crippen LogP contribution in [0.5, 0.6) is 0 Å². The maximum Gasteiger partial charge on any atom is 0.337 e. The maximum absolute atomic E-state index is 11.0. The Kier molecular flexibility index (Phi) is 3.90. The van der Waals surface area contributed by atoms with E-state index in [2.05, 4.69) is 10.3 Å². The number of aromatic carboxylic acids is 1. The molecule has 6 nitrogen and oxygen atoms in total. The second-order valence-corrected chi connectivity index (χ2v) is 5.06. The Labute approximate surface area is 112 Å². The van der Waals surface area contributed by atoms with Gasteiger partial charge >= 0.3 is 5.97 Å². The van der Waals surface area contributed by atoms with E-state index in [0.29, 0.717) is 5.82 Å². The molecule has 0 amide bonds. The molecule has 1 aromatic rings. The number of pyridine rings is 1. The second-order valence-electron chi connectivity index (χ2n) is 5.06. The van der Waals surface area contributed by atoms with Crippen molar-refractivity contribution in [2.24, 2.45) is 5.41 Å². The molecule has 0 saturated heterocycles. The first-order valence-electron chi connectivity index (χ1n) is 6.28. The molecule has 0 spiro atoms. The Bertz CT molecular complexity index is 472. The first-order valence-corrected chi connectivity index (χ1v) is 6.28. The number of anilines is 2. The van der Waals surface area contributed by atoms with Crippen molar-refractivity contribution in [3.8, 4) is 0 Å². The van der Waals surface area contributed by atoms with Gasteiger partial charge in [-0.15, -0.1) is 0 Å². The van der Waals surface area contributed by atoms with Crippen molar-refractivity contribution < 1.29 is 14.6 Å². The topological polar surface area (TPSA) is 97.5 Å². The predicted octanol–water partition coefficient (Wildman–Crippen LogP) is 1.59. The number of hydrogen-bond acceptors (Lipinski definition) is 5. The summed E-state index contributed by atoms with van der Waals surface area (Å²) in [5.41, 5.74) is 6.10. The number of methoxy groups -OCH3 is 1. The van der Waals surface area contributed by atoms with E-state index in [4.69, 9.17) is 15.6 Å². The molecular formula is C13H19N3O3. The van der Waals surface area contributed by atoms with Gasteiger partial charge < -0.3 is 20.9 Å². The molecular weight excluding hydrogens is 246 g/mol. The van der Waals surface area contributed by atoms with Gasteiger partial charge in [0.1, 0.15) is 5.82 Å². The number of carboxylic acids is 1. The van der Waals surface area contributed by atoms with Gasteiger partial charge in [-0.3, -0.25) is 0 Å². The molecule has 1 aromatic heterocycles. The van der Waals surface area contributed by atoms with Crippen molar-refractivity contribution in [1.29, 1.82) is 0 Å². The Morgan fingerprint density at radius 1 is 1.63 bits per heavy atom. The molecule has 1 fully saturated rings. The number of nitrogens with one attached hydrogen (secondary N) is 1. The number of hydrogen-bond donors (Lipinski definition) is 3. The zero-order valence-electron chi connectivity index (χ0n) is 11.0. The number of nitrogen functional groups attached to an aromatic ring is 1. The van der Waals surface area contributed by atoms with E-state index in [-0.39, 0.29) is 16.7 Å². The molecule has 6 heteroatoms. The monoisotopic (exact) mass is 265 g/mol. The summed E-state index contributed by atoms with van der Waals surface area (Å²) in [5, 5.41) is 12.2. The van der Waals surface area contributed by atoms with Gasteiger partial charge in [-0.2, -0.15) is 0 Å². The van der Waals surface area contributed by atoms with Gasteiger partial charge in [-0.25, -0.2) is 9.78 Å². The molecule has 0 aromatic carbocycles. The second kappa shape index (κ2) is 5.44. The Morgan fingerprint density at radius 3 is 2.95 bits per heavy atom. The molecule has 1 heterocycles. The van der Waals surface area contributed by atoms with Crippen molar-refractivity contribution in [3.63, 3.8) is 0 Å². The third-order valence-electron chi connectivity index (χ3n) is 3.60. The lowest BCUT2D eigenvalue weighted by atomic mass is 10.0. The van der Waals surface area contributed by atoms with Crippen LogP contribution in [0.1, 0.15) is 29.6 Å². The van der Waals surface area contributed by atoms with Crippen molar-refractivity contribution in [2.75, 3.05) is 31.3 Å². The minimum atomic E-state index is -1.04. The minimum absolute atomic E-state index is 0.0826. The van der Waals surface area contributed by atoms with Crippen LogP contribution in [0.3, 0.4) is 0 Å². The number of carbonyl (C=O) groups is 1. The quantitative estimate of drug-likeness (QED) is 0.692. The molecule has 104 valence electrons. The summed E-state index contributed by atoms with van der Waals surface area (Å²) in [4.78, 5) is 15.1. The number of nitrogens with zero attached hydrogens (tertiary/aromatic N) is 1. The van der Waals surface area contributed by atoms with Gasteiger partial charge in [-0.05, 0) is 30.7 Å². The van der Waals surface area contributed by atoms with Gasteiger partial charge in [0.05, 0.1) is 17.4 Å². The van der Waals surface area contributed by atoms with Crippen LogP contribution in [0.4, 0.5) is 11.5 Å². The highest BCUT2D eigenvalue weighted by atomic mass is 16.5. The zero-order valence-corrected chi connectivity index (χ0v) is 11.0. The van der Waals surface area contributed by atoms with Crippen LogP contribution in [-0.2, 0) is 4.74 Å². The molecule has 0 atom stereocenters. The molecule has 0 radical (unpaired) electrons. The van der Waals surface area contributed by atoms with Crippen LogP contribution in [-0.4, -0.2) is 36.3 Å². The van der Waals surface area contributed by atoms with E-state index in [0.717, 1.165) is 19.6 Å². The number of nitrogens with two attached hydrogens (primary N) is 1. The summed E-state index contributed by atoms with van der Waals surface area (Å²) in [6, 6.07) is 1.48. The number of carboxylic acid groups (broad SMARTS) is 1. The molecule has 0 aliphatic heterocycles. The fourth-order valence-electron chi connectivity index (χ4n) is 2.04. The molecule has 2 rings (SSSR count). The van der Waals surface area contributed by atoms with Crippen molar-refractivity contribution in [2.45, 2.75) is 19.3 Å². The Balaban J connectivity index is 1.96. The highest BCUT2D eigenvalue weighted by Gasteiger charge is 2.41. The standard InChI is InChI=1S/C13H19N3O3/c1-19-5-4-13(2-3-13)8-16-11-6-9(12(17)18)10(14)7-15-11/h6-7H,2-5,8,14H2,1H3,(H,15,16)(H,17,18). The maximum atomic E-state index is 11.0. The normalized spacial score (nSPS) is 16.1. The van der Waals surface area contributed by atoms with Crippen molar-refractivity contribution in [3.05, 3.63) is 17.8 Å². The van der Waals surface area contributed by atoms with E-state index in [1.807, 2.05) is 0 Å². The largest absolute Gasteiger partial charge is 0.478 e. The molecule has 19 heavy (non-hydrogen) atoms. The van der Waals surface area contributed by atoms with Crippen LogP contribution < -0.4 is 11.1 Å².